The molecule has 0 amide bonds. The molecule has 0 saturated carbocycles. The van der Waals surface area contributed by atoms with Crippen molar-refractivity contribution in [1.82, 2.24) is 9.55 Å². The van der Waals surface area contributed by atoms with Crippen molar-refractivity contribution >= 4 is 0 Å². The van der Waals surface area contributed by atoms with Gasteiger partial charge in [0.2, 0.25) is 0 Å². The Labute approximate surface area is 153 Å². The summed E-state index contributed by atoms with van der Waals surface area (Å²) in [6.45, 7) is 0.769. The summed E-state index contributed by atoms with van der Waals surface area (Å²) in [6, 6.07) is 12.3. The molecule has 0 N–H and O–H groups in total. The molecule has 1 unspecified atom stereocenters. The molecule has 0 saturated heterocycles. The number of benzene rings is 2. The third-order valence-electron chi connectivity index (χ3n) is 4.76. The van der Waals surface area contributed by atoms with E-state index in [1.54, 1.807) is 20.4 Å². The topological polar surface area (TPSA) is 45.5 Å². The first-order chi connectivity index (χ1) is 12.8. The van der Waals surface area contributed by atoms with Gasteiger partial charge < -0.3 is 18.8 Å². The zero-order chi connectivity index (χ0) is 17.9. The molecule has 134 valence electrons. The second-order valence-corrected chi connectivity index (χ2v) is 6.44. The van der Waals surface area contributed by atoms with Crippen molar-refractivity contribution < 1.29 is 14.2 Å². The van der Waals surface area contributed by atoms with Crippen LogP contribution in [0.15, 0.2) is 55.1 Å². The van der Waals surface area contributed by atoms with Crippen LogP contribution in [0.25, 0.3) is 0 Å². The Balaban J connectivity index is 1.59. The molecule has 0 aliphatic carbocycles. The Morgan fingerprint density at radius 1 is 1.15 bits per heavy atom. The van der Waals surface area contributed by atoms with Crippen molar-refractivity contribution in [2.45, 2.75) is 25.5 Å². The minimum Gasteiger partial charge on any atom is -0.497 e. The predicted octanol–water partition coefficient (Wildman–Crippen LogP) is 4.01. The first-order valence-corrected chi connectivity index (χ1v) is 8.73. The number of imidazole rings is 1. The number of aryl methyl sites for hydroxylation is 1. The Bertz CT molecular complexity index is 856. The summed E-state index contributed by atoms with van der Waals surface area (Å²) in [5, 5.41) is 0. The summed E-state index contributed by atoms with van der Waals surface area (Å²) >= 11 is 0. The summed E-state index contributed by atoms with van der Waals surface area (Å²) in [7, 11) is 3.37. The monoisotopic (exact) mass is 350 g/mol. The fourth-order valence-corrected chi connectivity index (χ4v) is 3.42. The van der Waals surface area contributed by atoms with Crippen LogP contribution in [-0.4, -0.2) is 23.8 Å². The molecule has 0 radical (unpaired) electrons. The molecular weight excluding hydrogens is 328 g/mol. The van der Waals surface area contributed by atoms with Crippen LogP contribution in [0.3, 0.4) is 0 Å². The lowest BCUT2D eigenvalue weighted by Crippen LogP contribution is -2.16. The molecule has 3 aromatic rings. The van der Waals surface area contributed by atoms with E-state index in [2.05, 4.69) is 29.2 Å². The van der Waals surface area contributed by atoms with E-state index in [0.717, 1.165) is 42.2 Å². The van der Waals surface area contributed by atoms with Gasteiger partial charge in [-0.15, -0.1) is 0 Å². The molecule has 0 bridgehead atoms. The lowest BCUT2D eigenvalue weighted by Gasteiger charge is -2.28. The fourth-order valence-electron chi connectivity index (χ4n) is 3.42. The maximum Gasteiger partial charge on any atom is 0.165 e. The first kappa shape index (κ1) is 16.5. The average Bonchev–Trinajstić information content (AvgIpc) is 3.20. The molecular formula is C21H22N2O3. The largest absolute Gasteiger partial charge is 0.497 e. The summed E-state index contributed by atoms with van der Waals surface area (Å²) in [5.41, 5.74) is 3.54. The number of ether oxygens (including phenoxy) is 3. The molecule has 0 fully saturated rings. The number of hydrogen-bond acceptors (Lipinski definition) is 4. The summed E-state index contributed by atoms with van der Waals surface area (Å²) in [5.74, 6) is 2.50. The lowest BCUT2D eigenvalue weighted by molar-refractivity contribution is 0.168. The molecule has 1 aliphatic heterocycles. The van der Waals surface area contributed by atoms with Gasteiger partial charge in [0.05, 0.1) is 20.5 Å². The number of nitrogens with zero attached hydrogens (tertiary/aromatic N) is 2. The van der Waals surface area contributed by atoms with Crippen LogP contribution in [0.5, 0.6) is 17.2 Å². The van der Waals surface area contributed by atoms with Crippen LogP contribution in [0.2, 0.25) is 0 Å². The van der Waals surface area contributed by atoms with E-state index >= 15 is 0 Å². The highest BCUT2D eigenvalue weighted by Crippen LogP contribution is 2.42. The number of methoxy groups -OCH3 is 2. The van der Waals surface area contributed by atoms with Gasteiger partial charge in [0.1, 0.15) is 11.9 Å². The van der Waals surface area contributed by atoms with Crippen molar-refractivity contribution in [1.29, 1.82) is 0 Å². The molecule has 5 heteroatoms. The zero-order valence-corrected chi connectivity index (χ0v) is 15.0. The van der Waals surface area contributed by atoms with Crippen LogP contribution < -0.4 is 14.2 Å². The SMILES string of the molecule is COc1ccc(C2CCc3cc(Cn4ccnc4)cc(OC)c3O2)cc1. The van der Waals surface area contributed by atoms with E-state index in [1.807, 2.05) is 29.2 Å². The zero-order valence-electron chi connectivity index (χ0n) is 15.0. The van der Waals surface area contributed by atoms with Gasteiger partial charge in [-0.05, 0) is 47.7 Å². The van der Waals surface area contributed by atoms with Gasteiger partial charge in [0, 0.05) is 18.9 Å². The Kier molecular flexibility index (Phi) is 4.52. The van der Waals surface area contributed by atoms with Gasteiger partial charge >= 0.3 is 0 Å². The minimum absolute atomic E-state index is 0.0294. The Hall–Kier alpha value is -2.95. The van der Waals surface area contributed by atoms with E-state index < -0.39 is 0 Å². The molecule has 1 atom stereocenters. The van der Waals surface area contributed by atoms with E-state index in [4.69, 9.17) is 14.2 Å². The minimum atomic E-state index is 0.0294. The highest BCUT2D eigenvalue weighted by Gasteiger charge is 2.25. The summed E-state index contributed by atoms with van der Waals surface area (Å²) in [4.78, 5) is 4.10. The maximum absolute atomic E-state index is 6.32. The first-order valence-electron chi connectivity index (χ1n) is 8.73. The van der Waals surface area contributed by atoms with Gasteiger partial charge in [-0.3, -0.25) is 0 Å². The quantitative estimate of drug-likeness (QED) is 0.697. The van der Waals surface area contributed by atoms with E-state index in [9.17, 15) is 0 Å². The van der Waals surface area contributed by atoms with Crippen molar-refractivity contribution in [2.75, 3.05) is 14.2 Å². The molecule has 1 aliphatic rings. The van der Waals surface area contributed by atoms with Gasteiger partial charge in [0.25, 0.3) is 0 Å². The Morgan fingerprint density at radius 3 is 2.69 bits per heavy atom. The summed E-state index contributed by atoms with van der Waals surface area (Å²) in [6.07, 6.45) is 7.50. The van der Waals surface area contributed by atoms with Crippen molar-refractivity contribution in [3.05, 3.63) is 71.8 Å². The van der Waals surface area contributed by atoms with E-state index in [0.29, 0.717) is 0 Å². The molecule has 2 aromatic carbocycles. The second kappa shape index (κ2) is 7.12. The Morgan fingerprint density at radius 2 is 2.00 bits per heavy atom. The second-order valence-electron chi connectivity index (χ2n) is 6.44. The highest BCUT2D eigenvalue weighted by molar-refractivity contribution is 5.51. The molecule has 4 rings (SSSR count). The van der Waals surface area contributed by atoms with Crippen LogP contribution in [-0.2, 0) is 13.0 Å². The van der Waals surface area contributed by atoms with Crippen molar-refractivity contribution in [2.24, 2.45) is 0 Å². The summed E-state index contributed by atoms with van der Waals surface area (Å²) < 4.78 is 19.2. The highest BCUT2D eigenvalue weighted by atomic mass is 16.5. The van der Waals surface area contributed by atoms with Gasteiger partial charge in [-0.2, -0.15) is 0 Å². The standard InChI is InChI=1S/C21H22N2O3/c1-24-18-6-3-16(4-7-18)19-8-5-17-11-15(13-23-10-9-22-14-23)12-20(25-2)21(17)26-19/h3-4,6-7,9-12,14,19H,5,8,13H2,1-2H3. The lowest BCUT2D eigenvalue weighted by atomic mass is 9.95. The predicted molar refractivity (Wildman–Crippen MR) is 99.0 cm³/mol. The normalized spacial score (nSPS) is 15.8. The number of aromatic nitrogens is 2. The maximum atomic E-state index is 6.32. The number of hydrogen-bond donors (Lipinski definition) is 0. The third-order valence-corrected chi connectivity index (χ3v) is 4.76. The average molecular weight is 350 g/mol. The van der Waals surface area contributed by atoms with Gasteiger partial charge in [-0.25, -0.2) is 4.98 Å². The number of rotatable bonds is 5. The van der Waals surface area contributed by atoms with E-state index in [1.165, 1.54) is 11.1 Å². The molecule has 5 nitrogen and oxygen atoms in total. The fraction of sp³-hybridized carbons (Fsp3) is 0.286. The van der Waals surface area contributed by atoms with Crippen LogP contribution in [0, 0.1) is 0 Å². The number of fused-ring (bicyclic) bond motifs is 1. The van der Waals surface area contributed by atoms with Crippen LogP contribution in [0.4, 0.5) is 0 Å². The van der Waals surface area contributed by atoms with Crippen LogP contribution in [0.1, 0.15) is 29.2 Å². The van der Waals surface area contributed by atoms with Gasteiger partial charge in [-0.1, -0.05) is 18.2 Å². The molecule has 2 heterocycles. The van der Waals surface area contributed by atoms with Gasteiger partial charge in [0.15, 0.2) is 11.5 Å². The van der Waals surface area contributed by atoms with Crippen LogP contribution >= 0.6 is 0 Å². The van der Waals surface area contributed by atoms with Crippen molar-refractivity contribution in [3.63, 3.8) is 0 Å². The van der Waals surface area contributed by atoms with E-state index in [-0.39, 0.29) is 6.10 Å². The smallest absolute Gasteiger partial charge is 0.165 e. The molecule has 0 spiro atoms. The third kappa shape index (κ3) is 3.25. The molecule has 1 aromatic heterocycles. The van der Waals surface area contributed by atoms with Crippen molar-refractivity contribution in [3.8, 4) is 17.2 Å². The molecule has 26 heavy (non-hydrogen) atoms.